The average Bonchev–Trinajstić information content (AvgIpc) is 2.94. The van der Waals surface area contributed by atoms with E-state index >= 15 is 0 Å². The predicted molar refractivity (Wildman–Crippen MR) is 96.2 cm³/mol. The summed E-state index contributed by atoms with van der Waals surface area (Å²) in [6.07, 6.45) is 3.23. The lowest BCUT2D eigenvalue weighted by Crippen LogP contribution is -2.23. The smallest absolute Gasteiger partial charge is 0.237 e. The van der Waals surface area contributed by atoms with E-state index in [2.05, 4.69) is 20.4 Å². The van der Waals surface area contributed by atoms with Crippen LogP contribution in [0.2, 0.25) is 0 Å². The molecule has 0 aliphatic carbocycles. The fourth-order valence-corrected chi connectivity index (χ4v) is 3.26. The molecule has 0 aliphatic heterocycles. The first-order valence-electron chi connectivity index (χ1n) is 7.64. The lowest BCUT2D eigenvalue weighted by Gasteiger charge is -2.14. The molecule has 1 unspecified atom stereocenters. The van der Waals surface area contributed by atoms with Crippen LogP contribution in [0.25, 0.3) is 11.0 Å². The molecule has 6 nitrogen and oxygen atoms in total. The summed E-state index contributed by atoms with van der Waals surface area (Å²) in [5.74, 6) is -0.0515. The first kappa shape index (κ1) is 16.4. The van der Waals surface area contributed by atoms with Gasteiger partial charge < -0.3 is 5.32 Å². The van der Waals surface area contributed by atoms with Gasteiger partial charge in [0, 0.05) is 12.7 Å². The van der Waals surface area contributed by atoms with Crippen molar-refractivity contribution in [3.63, 3.8) is 0 Å². The molecule has 2 heterocycles. The van der Waals surface area contributed by atoms with Gasteiger partial charge in [0.15, 0.2) is 5.65 Å². The molecule has 0 radical (unpaired) electrons. The Morgan fingerprint density at radius 1 is 1.29 bits per heavy atom. The van der Waals surface area contributed by atoms with Crippen LogP contribution in [-0.2, 0) is 11.8 Å². The lowest BCUT2D eigenvalue weighted by molar-refractivity contribution is -0.115. The van der Waals surface area contributed by atoms with E-state index in [0.29, 0.717) is 0 Å². The van der Waals surface area contributed by atoms with Crippen LogP contribution in [0, 0.1) is 13.8 Å². The molecule has 7 heteroatoms. The molecular weight excluding hydrogens is 322 g/mol. The van der Waals surface area contributed by atoms with Gasteiger partial charge in [-0.2, -0.15) is 5.10 Å². The predicted octanol–water partition coefficient (Wildman–Crippen LogP) is 3.10. The number of benzene rings is 1. The van der Waals surface area contributed by atoms with Crippen molar-refractivity contribution in [3.05, 3.63) is 41.9 Å². The van der Waals surface area contributed by atoms with E-state index in [1.165, 1.54) is 18.1 Å². The molecule has 0 saturated heterocycles. The summed E-state index contributed by atoms with van der Waals surface area (Å²) < 4.78 is 1.70. The number of hydrogen-bond acceptors (Lipinski definition) is 5. The maximum Gasteiger partial charge on any atom is 0.237 e. The van der Waals surface area contributed by atoms with Gasteiger partial charge >= 0.3 is 0 Å². The average molecular weight is 341 g/mol. The van der Waals surface area contributed by atoms with Crippen LogP contribution in [0.5, 0.6) is 0 Å². The van der Waals surface area contributed by atoms with Gasteiger partial charge in [0.2, 0.25) is 5.91 Å². The van der Waals surface area contributed by atoms with E-state index in [1.807, 2.05) is 46.0 Å². The summed E-state index contributed by atoms with van der Waals surface area (Å²) in [5.41, 5.74) is 3.84. The van der Waals surface area contributed by atoms with Crippen molar-refractivity contribution in [1.82, 2.24) is 19.7 Å². The van der Waals surface area contributed by atoms with Crippen LogP contribution >= 0.6 is 11.8 Å². The molecular formula is C17H19N5OS. The fourth-order valence-electron chi connectivity index (χ4n) is 2.38. The number of aromatic nitrogens is 4. The molecule has 1 amide bonds. The van der Waals surface area contributed by atoms with Crippen molar-refractivity contribution >= 4 is 34.4 Å². The van der Waals surface area contributed by atoms with Crippen LogP contribution in [-0.4, -0.2) is 30.9 Å². The van der Waals surface area contributed by atoms with Crippen molar-refractivity contribution in [3.8, 4) is 0 Å². The number of anilines is 1. The maximum absolute atomic E-state index is 12.5. The molecule has 0 aliphatic rings. The number of amides is 1. The number of nitrogens with zero attached hydrogens (tertiary/aromatic N) is 4. The summed E-state index contributed by atoms with van der Waals surface area (Å²) in [5, 5.41) is 8.53. The first-order chi connectivity index (χ1) is 11.5. The SMILES string of the molecule is Cc1cccc(NC(=O)C(C)Sc2ncnc3c2cnn3C)c1C. The van der Waals surface area contributed by atoms with E-state index in [9.17, 15) is 4.79 Å². The molecule has 1 aromatic carbocycles. The number of carbonyl (C=O) groups excluding carboxylic acids is 1. The van der Waals surface area contributed by atoms with E-state index in [1.54, 1.807) is 10.9 Å². The van der Waals surface area contributed by atoms with E-state index in [0.717, 1.165) is 32.9 Å². The topological polar surface area (TPSA) is 72.7 Å². The van der Waals surface area contributed by atoms with Gasteiger partial charge in [-0.1, -0.05) is 23.9 Å². The number of nitrogens with one attached hydrogen (secondary N) is 1. The Morgan fingerprint density at radius 2 is 2.08 bits per heavy atom. The molecule has 3 aromatic rings. The summed E-state index contributed by atoms with van der Waals surface area (Å²) in [6, 6.07) is 5.89. The van der Waals surface area contributed by atoms with E-state index < -0.39 is 0 Å². The van der Waals surface area contributed by atoms with Gasteiger partial charge in [0.05, 0.1) is 16.8 Å². The quantitative estimate of drug-likeness (QED) is 0.583. The molecule has 124 valence electrons. The minimum absolute atomic E-state index is 0.0515. The summed E-state index contributed by atoms with van der Waals surface area (Å²) in [6.45, 7) is 5.91. The van der Waals surface area contributed by atoms with Gasteiger partial charge in [-0.25, -0.2) is 9.97 Å². The highest BCUT2D eigenvalue weighted by atomic mass is 32.2. The molecule has 24 heavy (non-hydrogen) atoms. The summed E-state index contributed by atoms with van der Waals surface area (Å²) in [7, 11) is 1.83. The Kier molecular flexibility index (Phi) is 4.53. The fraction of sp³-hybridized carbons (Fsp3) is 0.294. The zero-order chi connectivity index (χ0) is 17.3. The molecule has 1 atom stereocenters. The Hall–Kier alpha value is -2.41. The van der Waals surface area contributed by atoms with Crippen molar-refractivity contribution in [2.24, 2.45) is 7.05 Å². The molecule has 3 rings (SSSR count). The largest absolute Gasteiger partial charge is 0.325 e. The number of rotatable bonds is 4. The van der Waals surface area contributed by atoms with E-state index in [-0.39, 0.29) is 11.2 Å². The Bertz CT molecular complexity index is 905. The molecule has 0 spiro atoms. The van der Waals surface area contributed by atoms with Crippen LogP contribution in [0.15, 0.2) is 35.7 Å². The zero-order valence-electron chi connectivity index (χ0n) is 14.1. The molecule has 0 bridgehead atoms. The molecule has 2 aromatic heterocycles. The second-order valence-electron chi connectivity index (χ2n) is 5.68. The van der Waals surface area contributed by atoms with Crippen molar-refractivity contribution in [1.29, 1.82) is 0 Å². The van der Waals surface area contributed by atoms with Crippen molar-refractivity contribution in [2.45, 2.75) is 31.0 Å². The van der Waals surface area contributed by atoms with Crippen LogP contribution in [0.1, 0.15) is 18.1 Å². The maximum atomic E-state index is 12.5. The van der Waals surface area contributed by atoms with Gasteiger partial charge in [-0.05, 0) is 38.0 Å². The first-order valence-corrected chi connectivity index (χ1v) is 8.51. The number of thioether (sulfide) groups is 1. The third-order valence-electron chi connectivity index (χ3n) is 4.01. The van der Waals surface area contributed by atoms with Gasteiger partial charge in [-0.15, -0.1) is 0 Å². The van der Waals surface area contributed by atoms with Crippen LogP contribution in [0.4, 0.5) is 5.69 Å². The zero-order valence-corrected chi connectivity index (χ0v) is 14.9. The Labute approximate surface area is 144 Å². The number of aryl methyl sites for hydroxylation is 2. The third kappa shape index (κ3) is 3.12. The van der Waals surface area contributed by atoms with Gasteiger partial charge in [0.25, 0.3) is 0 Å². The van der Waals surface area contributed by atoms with E-state index in [4.69, 9.17) is 0 Å². The standard InChI is InChI=1S/C17H19N5OS/c1-10-6-5-7-14(11(10)2)21-16(23)12(3)24-17-13-8-20-22(4)15(13)18-9-19-17/h5-9,12H,1-4H3,(H,21,23). The molecule has 1 N–H and O–H groups in total. The number of carbonyl (C=O) groups is 1. The highest BCUT2D eigenvalue weighted by molar-refractivity contribution is 8.00. The number of hydrogen-bond donors (Lipinski definition) is 1. The summed E-state index contributed by atoms with van der Waals surface area (Å²) in [4.78, 5) is 21.0. The highest BCUT2D eigenvalue weighted by Gasteiger charge is 2.18. The second kappa shape index (κ2) is 6.60. The number of fused-ring (bicyclic) bond motifs is 1. The Morgan fingerprint density at radius 3 is 2.88 bits per heavy atom. The third-order valence-corrected chi connectivity index (χ3v) is 5.13. The normalized spacial score (nSPS) is 12.3. The monoisotopic (exact) mass is 341 g/mol. The van der Waals surface area contributed by atoms with Crippen LogP contribution in [0.3, 0.4) is 0 Å². The second-order valence-corrected chi connectivity index (χ2v) is 7.01. The van der Waals surface area contributed by atoms with Gasteiger partial charge in [0.1, 0.15) is 11.4 Å². The minimum atomic E-state index is -0.289. The Balaban J connectivity index is 1.77. The molecule has 0 saturated carbocycles. The van der Waals surface area contributed by atoms with Crippen molar-refractivity contribution in [2.75, 3.05) is 5.32 Å². The molecule has 0 fully saturated rings. The van der Waals surface area contributed by atoms with Crippen LogP contribution < -0.4 is 5.32 Å². The highest BCUT2D eigenvalue weighted by Crippen LogP contribution is 2.28. The van der Waals surface area contributed by atoms with Crippen molar-refractivity contribution < 1.29 is 4.79 Å². The minimum Gasteiger partial charge on any atom is -0.325 e. The van der Waals surface area contributed by atoms with Gasteiger partial charge in [-0.3, -0.25) is 9.48 Å². The lowest BCUT2D eigenvalue weighted by atomic mass is 10.1. The summed E-state index contributed by atoms with van der Waals surface area (Å²) >= 11 is 1.41.